The van der Waals surface area contributed by atoms with Gasteiger partial charge < -0.3 is 0 Å². The second kappa shape index (κ2) is 8.11. The van der Waals surface area contributed by atoms with Gasteiger partial charge in [0.2, 0.25) is 0 Å². The van der Waals surface area contributed by atoms with Crippen molar-refractivity contribution in [2.24, 2.45) is 0 Å². The molecule has 0 aliphatic rings. The number of aryl methyl sites for hydroxylation is 1. The summed E-state index contributed by atoms with van der Waals surface area (Å²) in [6.07, 6.45) is 9.20. The number of rotatable bonds is 8. The molecule has 0 saturated heterocycles. The average Bonchev–Trinajstić information content (AvgIpc) is 2.34. The van der Waals surface area contributed by atoms with Gasteiger partial charge in [-0.05, 0) is 42.7 Å². The molecule has 0 heterocycles. The van der Waals surface area contributed by atoms with Crippen molar-refractivity contribution in [3.05, 3.63) is 48.0 Å². The van der Waals surface area contributed by atoms with Gasteiger partial charge in [0.25, 0.3) is 0 Å². The van der Waals surface area contributed by atoms with Gasteiger partial charge in [0.05, 0.1) is 0 Å². The van der Waals surface area contributed by atoms with Gasteiger partial charge in [0.15, 0.2) is 0 Å². The highest BCUT2D eigenvalue weighted by atomic mass is 14.0. The van der Waals surface area contributed by atoms with Crippen LogP contribution in [0.5, 0.6) is 0 Å². The van der Waals surface area contributed by atoms with Crippen LogP contribution in [-0.4, -0.2) is 0 Å². The maximum absolute atomic E-state index is 5.35. The zero-order valence-electron chi connectivity index (χ0n) is 11.3. The Morgan fingerprint density at radius 3 is 2.24 bits per heavy atom. The first kappa shape index (κ1) is 14.0. The van der Waals surface area contributed by atoms with Crippen LogP contribution in [0, 0.1) is 6.58 Å². The summed E-state index contributed by atoms with van der Waals surface area (Å²) in [4.78, 5) is 0. The molecule has 0 bridgehead atoms. The van der Waals surface area contributed by atoms with Crippen molar-refractivity contribution < 1.29 is 0 Å². The number of hydrogen-bond donors (Lipinski definition) is 0. The zero-order valence-corrected chi connectivity index (χ0v) is 11.3. The van der Waals surface area contributed by atoms with E-state index in [0.717, 1.165) is 6.42 Å². The lowest BCUT2D eigenvalue weighted by atomic mass is 9.99. The molecule has 0 heteroatoms. The van der Waals surface area contributed by atoms with Crippen molar-refractivity contribution in [1.29, 1.82) is 0 Å². The second-order valence-electron chi connectivity index (χ2n) is 5.08. The van der Waals surface area contributed by atoms with Crippen molar-refractivity contribution in [2.75, 3.05) is 0 Å². The van der Waals surface area contributed by atoms with E-state index in [-0.39, 0.29) is 0 Å². The molecule has 0 spiro atoms. The molecule has 1 aromatic carbocycles. The predicted octanol–water partition coefficient (Wildman–Crippen LogP) is 5.29. The van der Waals surface area contributed by atoms with E-state index < -0.39 is 0 Å². The van der Waals surface area contributed by atoms with Gasteiger partial charge in [-0.3, -0.25) is 0 Å². The average molecular weight is 229 g/mol. The Bertz CT molecular complexity index is 305. The van der Waals surface area contributed by atoms with Crippen LogP contribution in [0.2, 0.25) is 0 Å². The third-order valence-electron chi connectivity index (χ3n) is 3.23. The summed E-state index contributed by atoms with van der Waals surface area (Å²) in [5.74, 6) is 0.636. The highest BCUT2D eigenvalue weighted by Crippen LogP contribution is 2.16. The van der Waals surface area contributed by atoms with E-state index >= 15 is 0 Å². The molecule has 0 saturated carbocycles. The lowest BCUT2D eigenvalue weighted by Crippen LogP contribution is -1.90. The fourth-order valence-corrected chi connectivity index (χ4v) is 2.01. The molecule has 1 radical (unpaired) electrons. The van der Waals surface area contributed by atoms with Gasteiger partial charge in [0.1, 0.15) is 0 Å². The number of hydrogen-bond acceptors (Lipinski definition) is 0. The van der Waals surface area contributed by atoms with Crippen molar-refractivity contribution in [3.63, 3.8) is 0 Å². The molecule has 0 nitrogen and oxygen atoms in total. The van der Waals surface area contributed by atoms with Crippen LogP contribution in [0.15, 0.2) is 30.3 Å². The van der Waals surface area contributed by atoms with E-state index in [1.165, 1.54) is 43.2 Å². The maximum Gasteiger partial charge on any atom is -0.0219 e. The monoisotopic (exact) mass is 229 g/mol. The minimum Gasteiger partial charge on any atom is -0.0845 e. The van der Waals surface area contributed by atoms with E-state index in [2.05, 4.69) is 38.1 Å². The topological polar surface area (TPSA) is 0 Å². The Morgan fingerprint density at radius 2 is 1.65 bits per heavy atom. The predicted molar refractivity (Wildman–Crippen MR) is 76.2 cm³/mol. The molecule has 0 unspecified atom stereocenters. The number of benzene rings is 1. The third kappa shape index (κ3) is 5.72. The first-order valence-corrected chi connectivity index (χ1v) is 6.86. The highest BCUT2D eigenvalue weighted by Gasteiger charge is 1.98. The number of allylic oxidation sites excluding steroid dienone is 1. The van der Waals surface area contributed by atoms with Gasteiger partial charge in [-0.2, -0.15) is 0 Å². The molecular weight excluding hydrogens is 204 g/mol. The van der Waals surface area contributed by atoms with E-state index in [1.807, 2.05) is 0 Å². The van der Waals surface area contributed by atoms with Crippen LogP contribution in [0.25, 0.3) is 0 Å². The van der Waals surface area contributed by atoms with Gasteiger partial charge >= 0.3 is 0 Å². The largest absolute Gasteiger partial charge is 0.0845 e. The first-order valence-electron chi connectivity index (χ1n) is 6.86. The molecule has 93 valence electrons. The van der Waals surface area contributed by atoms with Gasteiger partial charge in [-0.1, -0.05) is 63.6 Å². The Labute approximate surface area is 107 Å². The van der Waals surface area contributed by atoms with E-state index in [4.69, 9.17) is 6.58 Å². The summed E-state index contributed by atoms with van der Waals surface area (Å²) < 4.78 is 0. The maximum atomic E-state index is 5.35. The van der Waals surface area contributed by atoms with Crippen molar-refractivity contribution in [3.8, 4) is 0 Å². The number of unbranched alkanes of at least 4 members (excludes halogenated alkanes) is 4. The van der Waals surface area contributed by atoms with Crippen LogP contribution in [-0.2, 0) is 6.42 Å². The van der Waals surface area contributed by atoms with Crippen LogP contribution < -0.4 is 0 Å². The molecule has 1 aromatic rings. The van der Waals surface area contributed by atoms with Gasteiger partial charge in [-0.15, -0.1) is 0 Å². The minimum absolute atomic E-state index is 0.636. The van der Waals surface area contributed by atoms with Crippen LogP contribution in [0.3, 0.4) is 0 Å². The Balaban J connectivity index is 2.21. The Hall–Kier alpha value is -1.04. The molecule has 0 fully saturated rings. The van der Waals surface area contributed by atoms with Crippen molar-refractivity contribution >= 4 is 0 Å². The van der Waals surface area contributed by atoms with Crippen LogP contribution >= 0.6 is 0 Å². The second-order valence-corrected chi connectivity index (χ2v) is 5.08. The standard InChI is InChI=1S/C17H25/c1-4-5-6-7-8-9-10-16-11-13-17(14-12-16)15(2)3/h1,4,11-15H,5-10H2,2-3H3. The smallest absolute Gasteiger partial charge is 0.0219 e. The van der Waals surface area contributed by atoms with Gasteiger partial charge in [0, 0.05) is 0 Å². The normalized spacial score (nSPS) is 10.8. The lowest BCUT2D eigenvalue weighted by Gasteiger charge is -2.06. The quantitative estimate of drug-likeness (QED) is 0.531. The van der Waals surface area contributed by atoms with E-state index in [0.29, 0.717) is 5.92 Å². The fourth-order valence-electron chi connectivity index (χ4n) is 2.01. The summed E-state index contributed by atoms with van der Waals surface area (Å²) in [5.41, 5.74) is 2.91. The van der Waals surface area contributed by atoms with Crippen LogP contribution in [0.1, 0.15) is 63.0 Å². The molecule has 0 aromatic heterocycles. The molecule has 0 aliphatic carbocycles. The SMILES string of the molecule is [CH]=CCCCCCCc1ccc(C(C)C)cc1. The summed E-state index contributed by atoms with van der Waals surface area (Å²) in [6, 6.07) is 9.10. The summed E-state index contributed by atoms with van der Waals surface area (Å²) in [7, 11) is 0. The van der Waals surface area contributed by atoms with Crippen LogP contribution in [0.4, 0.5) is 0 Å². The summed E-state index contributed by atoms with van der Waals surface area (Å²) in [6.45, 7) is 9.83. The first-order chi connectivity index (χ1) is 8.24. The van der Waals surface area contributed by atoms with Crippen molar-refractivity contribution in [2.45, 2.75) is 58.3 Å². The highest BCUT2D eigenvalue weighted by molar-refractivity contribution is 5.24. The Morgan fingerprint density at radius 1 is 1.00 bits per heavy atom. The van der Waals surface area contributed by atoms with E-state index in [1.54, 1.807) is 6.08 Å². The molecule has 0 amide bonds. The minimum atomic E-state index is 0.636. The molecule has 0 atom stereocenters. The molecule has 0 N–H and O–H groups in total. The summed E-state index contributed by atoms with van der Waals surface area (Å²) >= 11 is 0. The fraction of sp³-hybridized carbons (Fsp3) is 0.529. The van der Waals surface area contributed by atoms with Gasteiger partial charge in [-0.25, -0.2) is 0 Å². The lowest BCUT2D eigenvalue weighted by molar-refractivity contribution is 0.646. The van der Waals surface area contributed by atoms with E-state index in [9.17, 15) is 0 Å². The summed E-state index contributed by atoms with van der Waals surface area (Å²) in [5, 5.41) is 0. The third-order valence-corrected chi connectivity index (χ3v) is 3.23. The molecule has 1 rings (SSSR count). The zero-order chi connectivity index (χ0) is 12.5. The molecule has 17 heavy (non-hydrogen) atoms. The Kier molecular flexibility index (Phi) is 6.69. The van der Waals surface area contributed by atoms with Crippen molar-refractivity contribution in [1.82, 2.24) is 0 Å². The molecule has 0 aliphatic heterocycles. The molecular formula is C17H25.